The third-order valence-corrected chi connectivity index (χ3v) is 9.41. The fourth-order valence-electron chi connectivity index (χ4n) is 6.24. The van der Waals surface area contributed by atoms with Crippen molar-refractivity contribution in [2.24, 2.45) is 21.8 Å². The number of benzene rings is 2. The number of nitrogens with zero attached hydrogens (tertiary/aromatic N) is 6. The molecule has 6 nitrogen and oxygen atoms in total. The molecule has 44 heavy (non-hydrogen) atoms. The molecule has 3 heterocycles. The maximum Gasteiger partial charge on any atom is 0.0903 e. The average molecular weight is 632 g/mol. The molecular formula is C36H44Cl2N6. The van der Waals surface area contributed by atoms with Gasteiger partial charge < -0.3 is 0 Å². The molecule has 0 amide bonds. The van der Waals surface area contributed by atoms with Crippen LogP contribution in [-0.2, 0) is 13.0 Å². The Kier molecular flexibility index (Phi) is 11.0. The van der Waals surface area contributed by atoms with Crippen molar-refractivity contribution in [1.82, 2.24) is 19.8 Å². The normalized spacial score (nSPS) is 19.8. The number of hydrogen-bond donors (Lipinski definition) is 0. The summed E-state index contributed by atoms with van der Waals surface area (Å²) in [6.07, 6.45) is 6.93. The zero-order valence-corrected chi connectivity index (χ0v) is 28.0. The number of likely N-dealkylation sites (tertiary alicyclic amines) is 2. The summed E-state index contributed by atoms with van der Waals surface area (Å²) in [5, 5.41) is 1.18. The molecule has 5 rings (SSSR count). The molecule has 0 aliphatic carbocycles. The largest absolute Gasteiger partial charge is 0.297 e. The molecule has 2 atom stereocenters. The number of rotatable bonds is 11. The van der Waals surface area contributed by atoms with Crippen LogP contribution in [0.3, 0.4) is 0 Å². The molecule has 0 spiro atoms. The Bertz CT molecular complexity index is 1550. The van der Waals surface area contributed by atoms with Crippen LogP contribution in [0.1, 0.15) is 57.5 Å². The fraction of sp³-hybridized carbons (Fsp3) is 0.444. The molecule has 1 aromatic heterocycles. The van der Waals surface area contributed by atoms with E-state index in [4.69, 9.17) is 38.2 Å². The summed E-state index contributed by atoms with van der Waals surface area (Å²) >= 11 is 14.2. The molecule has 8 heteroatoms. The Morgan fingerprint density at radius 2 is 1.59 bits per heavy atom. The first-order valence-corrected chi connectivity index (χ1v) is 16.7. The van der Waals surface area contributed by atoms with Crippen molar-refractivity contribution in [2.45, 2.75) is 53.5 Å². The van der Waals surface area contributed by atoms with Gasteiger partial charge in [-0.1, -0.05) is 87.0 Å². The lowest BCUT2D eigenvalue weighted by molar-refractivity contribution is 0.314. The Morgan fingerprint density at radius 1 is 0.932 bits per heavy atom. The zero-order valence-electron chi connectivity index (χ0n) is 26.5. The molecule has 2 aliphatic rings. The predicted molar refractivity (Wildman–Crippen MR) is 186 cm³/mol. The molecule has 0 saturated carbocycles. The second-order valence-electron chi connectivity index (χ2n) is 12.3. The molecule has 0 bridgehead atoms. The van der Waals surface area contributed by atoms with Gasteiger partial charge in [-0.15, -0.1) is 0 Å². The van der Waals surface area contributed by atoms with Crippen LogP contribution in [0, 0.1) is 11.8 Å². The fourth-order valence-corrected chi connectivity index (χ4v) is 6.89. The van der Waals surface area contributed by atoms with Crippen molar-refractivity contribution in [2.75, 3.05) is 39.3 Å². The lowest BCUT2D eigenvalue weighted by Gasteiger charge is -2.17. The second-order valence-corrected chi connectivity index (χ2v) is 13.0. The summed E-state index contributed by atoms with van der Waals surface area (Å²) in [6.45, 7) is 19.6. The summed E-state index contributed by atoms with van der Waals surface area (Å²) in [7, 11) is 0. The van der Waals surface area contributed by atoms with Gasteiger partial charge in [0, 0.05) is 60.7 Å². The molecule has 2 saturated heterocycles. The van der Waals surface area contributed by atoms with Gasteiger partial charge in [0.25, 0.3) is 0 Å². The highest BCUT2D eigenvalue weighted by molar-refractivity contribution is 6.46. The van der Waals surface area contributed by atoms with Crippen LogP contribution in [0.15, 0.2) is 64.9 Å². The Balaban J connectivity index is 1.41. The van der Waals surface area contributed by atoms with E-state index in [0.29, 0.717) is 16.6 Å². The van der Waals surface area contributed by atoms with Crippen molar-refractivity contribution in [1.29, 1.82) is 0 Å². The van der Waals surface area contributed by atoms with Crippen LogP contribution >= 0.6 is 23.2 Å². The Morgan fingerprint density at radius 3 is 2.25 bits per heavy atom. The van der Waals surface area contributed by atoms with E-state index in [2.05, 4.69) is 42.1 Å². The van der Waals surface area contributed by atoms with E-state index in [0.717, 1.165) is 108 Å². The van der Waals surface area contributed by atoms with Crippen molar-refractivity contribution in [3.05, 3.63) is 81.9 Å². The van der Waals surface area contributed by atoms with E-state index in [-0.39, 0.29) is 0 Å². The topological polar surface area (TPSA) is 57.0 Å². The molecule has 3 aromatic rings. The highest BCUT2D eigenvalue weighted by Gasteiger charge is 2.22. The summed E-state index contributed by atoms with van der Waals surface area (Å²) in [4.78, 5) is 24.2. The van der Waals surface area contributed by atoms with Gasteiger partial charge in [0.1, 0.15) is 0 Å². The SMILES string of the molecule is C=C(CN1CCC(C)C1)N=CC(=NCC)c1cccc(-c2cccc(-c3cnc(CN4CCC(C)C4)c(CC)n3)c2Cl)c1Cl. The van der Waals surface area contributed by atoms with Gasteiger partial charge in [0.2, 0.25) is 0 Å². The number of halogens is 2. The van der Waals surface area contributed by atoms with Gasteiger partial charge in [-0.25, -0.2) is 4.98 Å². The smallest absolute Gasteiger partial charge is 0.0903 e. The Hall–Kier alpha value is -2.90. The van der Waals surface area contributed by atoms with Gasteiger partial charge in [-0.2, -0.15) is 0 Å². The van der Waals surface area contributed by atoms with Gasteiger partial charge in [0.05, 0.1) is 45.3 Å². The van der Waals surface area contributed by atoms with E-state index in [1.54, 1.807) is 6.21 Å². The maximum atomic E-state index is 7.12. The minimum Gasteiger partial charge on any atom is -0.297 e. The summed E-state index contributed by atoms with van der Waals surface area (Å²) in [5.41, 5.74) is 7.71. The molecule has 2 aliphatic heterocycles. The quantitative estimate of drug-likeness (QED) is 0.200. The second kappa shape index (κ2) is 14.9. The van der Waals surface area contributed by atoms with E-state index in [9.17, 15) is 0 Å². The third-order valence-electron chi connectivity index (χ3n) is 8.60. The molecule has 2 unspecified atom stereocenters. The van der Waals surface area contributed by atoms with Crippen molar-refractivity contribution in [3.63, 3.8) is 0 Å². The van der Waals surface area contributed by atoms with Gasteiger partial charge in [0.15, 0.2) is 0 Å². The van der Waals surface area contributed by atoms with E-state index in [1.165, 1.54) is 12.8 Å². The summed E-state index contributed by atoms with van der Waals surface area (Å²) in [6, 6.07) is 12.0. The van der Waals surface area contributed by atoms with Crippen LogP contribution in [0.5, 0.6) is 0 Å². The van der Waals surface area contributed by atoms with Crippen LogP contribution in [0.4, 0.5) is 0 Å². The first kappa shape index (κ1) is 32.5. The number of aromatic nitrogens is 2. The van der Waals surface area contributed by atoms with Gasteiger partial charge in [-0.3, -0.25) is 24.8 Å². The molecular weight excluding hydrogens is 587 g/mol. The lowest BCUT2D eigenvalue weighted by atomic mass is 9.98. The Labute approximate surface area is 272 Å². The molecule has 2 aromatic carbocycles. The van der Waals surface area contributed by atoms with Crippen LogP contribution < -0.4 is 0 Å². The predicted octanol–water partition coefficient (Wildman–Crippen LogP) is 8.26. The number of hydrogen-bond acceptors (Lipinski definition) is 6. The first-order valence-electron chi connectivity index (χ1n) is 15.9. The first-order chi connectivity index (χ1) is 21.3. The summed E-state index contributed by atoms with van der Waals surface area (Å²) < 4.78 is 0. The van der Waals surface area contributed by atoms with E-state index < -0.39 is 0 Å². The van der Waals surface area contributed by atoms with Crippen LogP contribution in [0.2, 0.25) is 10.0 Å². The van der Waals surface area contributed by atoms with E-state index >= 15 is 0 Å². The van der Waals surface area contributed by atoms with E-state index in [1.807, 2.05) is 49.5 Å². The number of aryl methyl sites for hydroxylation is 1. The van der Waals surface area contributed by atoms with Crippen LogP contribution in [0.25, 0.3) is 22.4 Å². The summed E-state index contributed by atoms with van der Waals surface area (Å²) in [5.74, 6) is 1.46. The van der Waals surface area contributed by atoms with Crippen molar-refractivity contribution < 1.29 is 0 Å². The zero-order chi connectivity index (χ0) is 31.2. The highest BCUT2D eigenvalue weighted by Crippen LogP contribution is 2.40. The van der Waals surface area contributed by atoms with Crippen LogP contribution in [-0.4, -0.2) is 71.0 Å². The monoisotopic (exact) mass is 630 g/mol. The van der Waals surface area contributed by atoms with Gasteiger partial charge >= 0.3 is 0 Å². The minimum atomic E-state index is 0.583. The van der Waals surface area contributed by atoms with Crippen molar-refractivity contribution in [3.8, 4) is 22.4 Å². The minimum absolute atomic E-state index is 0.583. The lowest BCUT2D eigenvalue weighted by Crippen LogP contribution is -2.22. The molecule has 0 radical (unpaired) electrons. The van der Waals surface area contributed by atoms with Crippen molar-refractivity contribution >= 4 is 35.1 Å². The average Bonchev–Trinajstić information content (AvgIpc) is 3.62. The third kappa shape index (κ3) is 7.66. The molecule has 232 valence electrons. The number of aliphatic imine (C=N–C) groups is 2. The highest BCUT2D eigenvalue weighted by atomic mass is 35.5. The van der Waals surface area contributed by atoms with Gasteiger partial charge in [-0.05, 0) is 51.1 Å². The molecule has 2 fully saturated rings. The standard InChI is InChI=1S/C36H44Cl2N6/c1-6-31-34(23-44-17-15-25(4)21-44)41-19-33(42-31)30-13-9-11-28(36(30)38)27-10-8-12-29(35(27)37)32(39-7-2)18-40-26(5)22-43-16-14-24(3)20-43/h8-13,18-19,24-25H,5-7,14-17,20-23H2,1-4H3. The molecule has 0 N–H and O–H groups in total. The maximum absolute atomic E-state index is 7.12.